The molecule has 0 unspecified atom stereocenters. The van der Waals surface area contributed by atoms with Crippen LogP contribution in [0, 0.1) is 0 Å². The number of nitrogens with one attached hydrogen (secondary N) is 1. The first-order valence-electron chi connectivity index (χ1n) is 17.8. The first-order chi connectivity index (χ1) is 25.3. The van der Waals surface area contributed by atoms with Gasteiger partial charge in [0.1, 0.15) is 5.69 Å². The second-order valence-electron chi connectivity index (χ2n) is 13.4. The fraction of sp³-hybridized carbons (Fsp3) is 0.0408. The topological polar surface area (TPSA) is 19.7 Å². The normalized spacial score (nSPS) is 11.7. The highest BCUT2D eigenvalue weighted by molar-refractivity contribution is 6.22. The van der Waals surface area contributed by atoms with Crippen LogP contribution in [0.5, 0.6) is 0 Å². The number of aryl methyl sites for hydroxylation is 1. The molecule has 1 aromatic heterocycles. The minimum atomic E-state index is 0.895. The average Bonchev–Trinajstić information content (AvgIpc) is 3.75. The van der Waals surface area contributed by atoms with Gasteiger partial charge in [-0.2, -0.15) is 4.57 Å². The van der Waals surface area contributed by atoms with Gasteiger partial charge in [-0.15, -0.1) is 0 Å². The number of aromatic nitrogens is 2. The summed E-state index contributed by atoms with van der Waals surface area (Å²) in [5, 5.41) is 2.62. The molecule has 1 heterocycles. The Kier molecular flexibility index (Phi) is 6.82. The van der Waals surface area contributed by atoms with Crippen LogP contribution in [0.4, 0.5) is 0 Å². The molecule has 0 saturated carbocycles. The quantitative estimate of drug-likeness (QED) is 0.173. The number of hydrogen-bond acceptors (Lipinski definition) is 0. The molecule has 0 fully saturated rings. The number of hydrogen-bond donors (Lipinski definition) is 1. The molecule has 240 valence electrons. The Morgan fingerprint density at radius 3 is 1.67 bits per heavy atom. The lowest BCUT2D eigenvalue weighted by Crippen LogP contribution is -2.33. The molecule has 1 N–H and O–H groups in total. The lowest BCUT2D eigenvalue weighted by molar-refractivity contribution is -0.576. The molecule has 0 saturated heterocycles. The van der Waals surface area contributed by atoms with Crippen LogP contribution in [-0.4, -0.2) is 4.98 Å². The van der Waals surface area contributed by atoms with Gasteiger partial charge in [0, 0.05) is 6.42 Å². The standard InChI is InChI=1S/C49H34N2/c1-2-45-50-43-29-26-37(32-14-6-3-7-15-32)30-44(43)51(45)38-27-24-34(25-28-38)41-31-42(33-16-8-4-9-17-33)48-39-22-12-20-35-21-13-23-40(46(35)39)49(48)47(41)36-18-10-5-11-19-36/h3-31H,2H2,1H3/p+1. The van der Waals surface area contributed by atoms with E-state index in [1.807, 2.05) is 0 Å². The van der Waals surface area contributed by atoms with Gasteiger partial charge in [-0.1, -0.05) is 146 Å². The number of aromatic amines is 1. The van der Waals surface area contributed by atoms with E-state index in [4.69, 9.17) is 0 Å². The predicted molar refractivity (Wildman–Crippen MR) is 213 cm³/mol. The van der Waals surface area contributed by atoms with Crippen LogP contribution in [0.1, 0.15) is 12.7 Å². The van der Waals surface area contributed by atoms with Crippen molar-refractivity contribution in [3.63, 3.8) is 0 Å². The zero-order valence-corrected chi connectivity index (χ0v) is 28.4. The van der Waals surface area contributed by atoms with Gasteiger partial charge in [0.25, 0.3) is 5.82 Å². The van der Waals surface area contributed by atoms with E-state index in [0.29, 0.717) is 0 Å². The SMILES string of the molecule is CCc1[nH]c2ccc(-c3ccccc3)cc2[n+]1-c1ccc(-c2cc(-c3ccccc3)c3c(c2-c2ccccc2)-c2cccc4cccc-3c24)cc1. The summed E-state index contributed by atoms with van der Waals surface area (Å²) in [5.41, 5.74) is 18.6. The number of H-pyrrole nitrogens is 1. The van der Waals surface area contributed by atoms with Gasteiger partial charge in [0.15, 0.2) is 11.0 Å². The molecule has 0 atom stereocenters. The van der Waals surface area contributed by atoms with Gasteiger partial charge in [-0.05, 0) is 114 Å². The zero-order chi connectivity index (χ0) is 33.9. The largest absolute Gasteiger partial charge is 0.260 e. The van der Waals surface area contributed by atoms with E-state index in [0.717, 1.165) is 17.6 Å². The molecule has 10 rings (SSSR count). The summed E-state index contributed by atoms with van der Waals surface area (Å²) in [5.74, 6) is 1.18. The first kappa shape index (κ1) is 29.4. The summed E-state index contributed by atoms with van der Waals surface area (Å²) in [6, 6.07) is 64.4. The summed E-state index contributed by atoms with van der Waals surface area (Å²) in [6.07, 6.45) is 0.895. The van der Waals surface area contributed by atoms with Crippen molar-refractivity contribution < 1.29 is 4.57 Å². The van der Waals surface area contributed by atoms with Gasteiger partial charge in [0.2, 0.25) is 0 Å². The van der Waals surface area contributed by atoms with Crippen LogP contribution in [0.25, 0.3) is 94.3 Å². The first-order valence-corrected chi connectivity index (χ1v) is 17.8. The van der Waals surface area contributed by atoms with Crippen molar-refractivity contribution in [3.8, 4) is 72.4 Å². The maximum absolute atomic E-state index is 3.70. The molecule has 0 spiro atoms. The molecule has 0 amide bonds. The third-order valence-electron chi connectivity index (χ3n) is 10.6. The Balaban J connectivity index is 1.21. The van der Waals surface area contributed by atoms with Crippen molar-refractivity contribution in [1.29, 1.82) is 0 Å². The van der Waals surface area contributed by atoms with E-state index in [9.17, 15) is 0 Å². The maximum Gasteiger partial charge on any atom is 0.260 e. The summed E-state index contributed by atoms with van der Waals surface area (Å²) < 4.78 is 2.39. The van der Waals surface area contributed by atoms with Gasteiger partial charge in [-0.3, -0.25) is 0 Å². The monoisotopic (exact) mass is 651 g/mol. The van der Waals surface area contributed by atoms with Crippen molar-refractivity contribution in [3.05, 3.63) is 182 Å². The third-order valence-corrected chi connectivity index (χ3v) is 10.6. The number of nitrogens with zero attached hydrogens (tertiary/aromatic N) is 1. The highest BCUT2D eigenvalue weighted by Gasteiger charge is 2.30. The molecular weight excluding hydrogens is 617 g/mol. The molecule has 9 aromatic rings. The lowest BCUT2D eigenvalue weighted by atomic mass is 9.82. The molecule has 0 aliphatic heterocycles. The Hall–Kier alpha value is -6.51. The maximum atomic E-state index is 3.70. The van der Waals surface area contributed by atoms with E-state index in [2.05, 4.69) is 192 Å². The Morgan fingerprint density at radius 2 is 1.00 bits per heavy atom. The summed E-state index contributed by atoms with van der Waals surface area (Å²) in [6.45, 7) is 2.22. The highest BCUT2D eigenvalue weighted by Crippen LogP contribution is 2.57. The number of imidazole rings is 1. The Labute approximate surface area is 298 Å². The van der Waals surface area contributed by atoms with Gasteiger partial charge >= 0.3 is 0 Å². The minimum absolute atomic E-state index is 0.895. The van der Waals surface area contributed by atoms with E-state index in [1.165, 1.54) is 88.9 Å². The molecule has 2 heteroatoms. The van der Waals surface area contributed by atoms with Crippen LogP contribution < -0.4 is 4.57 Å². The smallest absolute Gasteiger partial charge is 0.240 e. The molecule has 0 bridgehead atoms. The van der Waals surface area contributed by atoms with E-state index < -0.39 is 0 Å². The van der Waals surface area contributed by atoms with Crippen LogP contribution in [0.15, 0.2) is 176 Å². The van der Waals surface area contributed by atoms with Crippen molar-refractivity contribution in [2.45, 2.75) is 13.3 Å². The minimum Gasteiger partial charge on any atom is -0.240 e. The number of benzene rings is 8. The summed E-state index contributed by atoms with van der Waals surface area (Å²) >= 11 is 0. The van der Waals surface area contributed by atoms with Gasteiger partial charge in [-0.25, -0.2) is 4.98 Å². The van der Waals surface area contributed by atoms with Crippen LogP contribution in [0.2, 0.25) is 0 Å². The van der Waals surface area contributed by atoms with E-state index in [1.54, 1.807) is 0 Å². The second-order valence-corrected chi connectivity index (χ2v) is 13.4. The van der Waals surface area contributed by atoms with E-state index >= 15 is 0 Å². The zero-order valence-electron chi connectivity index (χ0n) is 28.4. The molecule has 0 radical (unpaired) electrons. The van der Waals surface area contributed by atoms with Gasteiger partial charge < -0.3 is 0 Å². The van der Waals surface area contributed by atoms with E-state index in [-0.39, 0.29) is 0 Å². The Bertz CT molecular complexity index is 2740. The number of fused-ring (bicyclic) bond motifs is 4. The van der Waals surface area contributed by atoms with Crippen molar-refractivity contribution in [2.24, 2.45) is 0 Å². The molecular formula is C49H35N2+. The van der Waals surface area contributed by atoms with Crippen LogP contribution in [-0.2, 0) is 6.42 Å². The van der Waals surface area contributed by atoms with Crippen LogP contribution >= 0.6 is 0 Å². The molecule has 1 aliphatic carbocycles. The van der Waals surface area contributed by atoms with Crippen molar-refractivity contribution in [2.75, 3.05) is 0 Å². The van der Waals surface area contributed by atoms with Crippen molar-refractivity contribution >= 4 is 21.8 Å². The second kappa shape index (κ2) is 11.8. The third kappa shape index (κ3) is 4.68. The Morgan fingerprint density at radius 1 is 0.431 bits per heavy atom. The molecule has 8 aromatic carbocycles. The van der Waals surface area contributed by atoms with Crippen LogP contribution in [0.3, 0.4) is 0 Å². The highest BCUT2D eigenvalue weighted by atomic mass is 15.1. The average molecular weight is 652 g/mol. The predicted octanol–water partition coefficient (Wildman–Crippen LogP) is 12.5. The molecule has 51 heavy (non-hydrogen) atoms. The van der Waals surface area contributed by atoms with Crippen molar-refractivity contribution in [1.82, 2.24) is 4.98 Å². The molecule has 1 aliphatic rings. The van der Waals surface area contributed by atoms with Gasteiger partial charge in [0.05, 0.1) is 0 Å². The molecule has 2 nitrogen and oxygen atoms in total. The fourth-order valence-corrected chi connectivity index (χ4v) is 8.29. The number of rotatable bonds is 6. The lowest BCUT2D eigenvalue weighted by Gasteiger charge is -2.21. The summed E-state index contributed by atoms with van der Waals surface area (Å²) in [7, 11) is 0. The summed E-state index contributed by atoms with van der Waals surface area (Å²) in [4.78, 5) is 3.70. The fourth-order valence-electron chi connectivity index (χ4n) is 8.29.